The Morgan fingerprint density at radius 3 is 2.93 bits per heavy atom. The minimum Gasteiger partial charge on any atom is -0.478 e. The van der Waals surface area contributed by atoms with Gasteiger partial charge in [-0.1, -0.05) is 6.08 Å². The molecule has 1 heterocycles. The van der Waals surface area contributed by atoms with Crippen molar-refractivity contribution in [1.82, 2.24) is 4.90 Å². The van der Waals surface area contributed by atoms with Crippen molar-refractivity contribution >= 4 is 5.97 Å². The molecule has 0 aliphatic carbocycles. The highest BCUT2D eigenvalue weighted by molar-refractivity contribution is 5.79. The number of hydrogen-bond acceptors (Lipinski definition) is 3. The van der Waals surface area contributed by atoms with E-state index in [2.05, 4.69) is 11.8 Å². The van der Waals surface area contributed by atoms with E-state index in [1.807, 2.05) is 0 Å². The van der Waals surface area contributed by atoms with Crippen LogP contribution in [0.2, 0.25) is 0 Å². The molecule has 2 unspecified atom stereocenters. The number of carboxylic acid groups (broad SMARTS) is 1. The minimum absolute atomic E-state index is 0.260. The molecule has 0 radical (unpaired) electrons. The Hall–Kier alpha value is -0.870. The Bertz CT molecular complexity index is 227. The van der Waals surface area contributed by atoms with E-state index in [0.717, 1.165) is 18.9 Å². The number of aliphatic hydroxyl groups excluding tert-OH is 1. The minimum atomic E-state index is -0.921. The topological polar surface area (TPSA) is 60.8 Å². The summed E-state index contributed by atoms with van der Waals surface area (Å²) in [6, 6.07) is 0.428. The average molecular weight is 199 g/mol. The first-order chi connectivity index (χ1) is 6.59. The van der Waals surface area contributed by atoms with Crippen molar-refractivity contribution in [1.29, 1.82) is 0 Å². The highest BCUT2D eigenvalue weighted by Crippen LogP contribution is 2.16. The lowest BCUT2D eigenvalue weighted by Crippen LogP contribution is -2.43. The Morgan fingerprint density at radius 2 is 2.29 bits per heavy atom. The van der Waals surface area contributed by atoms with Crippen molar-refractivity contribution < 1.29 is 15.0 Å². The van der Waals surface area contributed by atoms with Gasteiger partial charge < -0.3 is 10.2 Å². The molecule has 1 aliphatic heterocycles. The maximum Gasteiger partial charge on any atom is 0.328 e. The molecule has 1 aliphatic rings. The van der Waals surface area contributed by atoms with E-state index in [4.69, 9.17) is 5.11 Å². The van der Waals surface area contributed by atoms with Gasteiger partial charge in [-0.3, -0.25) is 4.90 Å². The zero-order valence-electron chi connectivity index (χ0n) is 8.39. The first-order valence-electron chi connectivity index (χ1n) is 4.91. The molecule has 2 atom stereocenters. The number of rotatable bonds is 3. The van der Waals surface area contributed by atoms with Crippen LogP contribution in [0.3, 0.4) is 0 Å². The van der Waals surface area contributed by atoms with Crippen LogP contribution >= 0.6 is 0 Å². The van der Waals surface area contributed by atoms with Crippen molar-refractivity contribution in [3.05, 3.63) is 12.2 Å². The van der Waals surface area contributed by atoms with Crippen LogP contribution < -0.4 is 0 Å². The number of piperidine rings is 1. The van der Waals surface area contributed by atoms with Crippen LogP contribution in [0.25, 0.3) is 0 Å². The summed E-state index contributed by atoms with van der Waals surface area (Å²) in [7, 11) is 0. The van der Waals surface area contributed by atoms with Gasteiger partial charge in [-0.25, -0.2) is 4.79 Å². The molecule has 1 fully saturated rings. The number of nitrogens with zero attached hydrogens (tertiary/aromatic N) is 1. The predicted octanol–water partition coefficient (Wildman–Crippen LogP) is 0.472. The van der Waals surface area contributed by atoms with Gasteiger partial charge in [-0.2, -0.15) is 0 Å². The maximum atomic E-state index is 10.2. The number of carboxylic acids is 1. The molecule has 0 amide bonds. The van der Waals surface area contributed by atoms with Crippen LogP contribution in [-0.4, -0.2) is 46.3 Å². The van der Waals surface area contributed by atoms with Crippen molar-refractivity contribution in [2.45, 2.75) is 31.9 Å². The summed E-state index contributed by atoms with van der Waals surface area (Å²) in [5.74, 6) is -0.921. The molecule has 0 saturated carbocycles. The molecule has 0 spiro atoms. The smallest absolute Gasteiger partial charge is 0.328 e. The number of aliphatic hydroxyl groups is 1. The normalized spacial score (nSPS) is 29.6. The number of β-amino-alcohol motifs (C(OH)–C–C–N with tert-alkyl or cyclic N) is 1. The molecule has 1 rings (SSSR count). The van der Waals surface area contributed by atoms with Crippen molar-refractivity contribution in [2.24, 2.45) is 0 Å². The molecule has 80 valence electrons. The summed E-state index contributed by atoms with van der Waals surface area (Å²) in [4.78, 5) is 12.3. The number of likely N-dealkylation sites (tertiary alicyclic amines) is 1. The van der Waals surface area contributed by atoms with Crippen LogP contribution in [-0.2, 0) is 4.79 Å². The van der Waals surface area contributed by atoms with Gasteiger partial charge >= 0.3 is 5.97 Å². The molecule has 0 aromatic rings. The van der Waals surface area contributed by atoms with Crippen molar-refractivity contribution in [3.63, 3.8) is 0 Å². The first kappa shape index (κ1) is 11.2. The van der Waals surface area contributed by atoms with Gasteiger partial charge in [0.25, 0.3) is 0 Å². The Balaban J connectivity index is 2.38. The predicted molar refractivity (Wildman–Crippen MR) is 53.1 cm³/mol. The first-order valence-corrected chi connectivity index (χ1v) is 4.91. The molecule has 0 aromatic carbocycles. The quantitative estimate of drug-likeness (QED) is 0.649. The fourth-order valence-electron chi connectivity index (χ4n) is 1.70. The fourth-order valence-corrected chi connectivity index (χ4v) is 1.70. The summed E-state index contributed by atoms with van der Waals surface area (Å²) in [6.45, 7) is 3.34. The fraction of sp³-hybridized carbons (Fsp3) is 0.700. The van der Waals surface area contributed by atoms with Crippen LogP contribution in [0, 0.1) is 0 Å². The Morgan fingerprint density at radius 1 is 1.57 bits per heavy atom. The van der Waals surface area contributed by atoms with E-state index in [9.17, 15) is 9.90 Å². The van der Waals surface area contributed by atoms with E-state index in [1.165, 1.54) is 0 Å². The largest absolute Gasteiger partial charge is 0.478 e. The Labute approximate surface area is 83.8 Å². The molecule has 4 heteroatoms. The number of hydrogen-bond donors (Lipinski definition) is 2. The zero-order chi connectivity index (χ0) is 10.6. The summed E-state index contributed by atoms with van der Waals surface area (Å²) in [5, 5.41) is 17.8. The number of aliphatic carboxylic acids is 1. The lowest BCUT2D eigenvalue weighted by Gasteiger charge is -2.35. The van der Waals surface area contributed by atoms with Gasteiger partial charge in [0.1, 0.15) is 0 Å². The molecule has 1 saturated heterocycles. The third-order valence-corrected chi connectivity index (χ3v) is 2.59. The lowest BCUT2D eigenvalue weighted by molar-refractivity contribution is -0.131. The van der Waals surface area contributed by atoms with Gasteiger partial charge in [0.2, 0.25) is 0 Å². The molecule has 14 heavy (non-hydrogen) atoms. The summed E-state index contributed by atoms with van der Waals surface area (Å²) in [6.07, 6.45) is 4.33. The summed E-state index contributed by atoms with van der Waals surface area (Å²) < 4.78 is 0. The van der Waals surface area contributed by atoms with Crippen LogP contribution in [0.15, 0.2) is 12.2 Å². The highest BCUT2D eigenvalue weighted by atomic mass is 16.4. The van der Waals surface area contributed by atoms with Gasteiger partial charge in [0.05, 0.1) is 6.10 Å². The zero-order valence-corrected chi connectivity index (χ0v) is 8.39. The van der Waals surface area contributed by atoms with Gasteiger partial charge in [-0.05, 0) is 19.8 Å². The summed E-state index contributed by atoms with van der Waals surface area (Å²) >= 11 is 0. The second-order valence-corrected chi connectivity index (χ2v) is 3.77. The monoisotopic (exact) mass is 199 g/mol. The summed E-state index contributed by atoms with van der Waals surface area (Å²) in [5.41, 5.74) is 0. The highest BCUT2D eigenvalue weighted by Gasteiger charge is 2.22. The van der Waals surface area contributed by atoms with Gasteiger partial charge in [0, 0.05) is 25.2 Å². The van der Waals surface area contributed by atoms with Gasteiger partial charge in [-0.15, -0.1) is 0 Å². The van der Waals surface area contributed by atoms with Crippen molar-refractivity contribution in [2.75, 3.05) is 13.1 Å². The lowest BCUT2D eigenvalue weighted by atomic mass is 10.0. The SMILES string of the molecule is CC1CCC(O)CN1C/C=C/C(=O)O. The third-order valence-electron chi connectivity index (χ3n) is 2.59. The average Bonchev–Trinajstić information content (AvgIpc) is 2.10. The second-order valence-electron chi connectivity index (χ2n) is 3.77. The van der Waals surface area contributed by atoms with Crippen molar-refractivity contribution in [3.8, 4) is 0 Å². The van der Waals surface area contributed by atoms with E-state index in [1.54, 1.807) is 6.08 Å². The third kappa shape index (κ3) is 3.47. The molecular weight excluding hydrogens is 182 g/mol. The van der Waals surface area contributed by atoms with Crippen LogP contribution in [0.1, 0.15) is 19.8 Å². The molecule has 4 nitrogen and oxygen atoms in total. The molecule has 0 aromatic heterocycles. The van der Waals surface area contributed by atoms with Gasteiger partial charge in [0.15, 0.2) is 0 Å². The maximum absolute atomic E-state index is 10.2. The molecular formula is C10H17NO3. The molecule has 0 bridgehead atoms. The standard InChI is InChI=1S/C10H17NO3/c1-8-4-5-9(12)7-11(8)6-2-3-10(13)14/h2-3,8-9,12H,4-7H2,1H3,(H,13,14)/b3-2+. The van der Waals surface area contributed by atoms with E-state index >= 15 is 0 Å². The van der Waals surface area contributed by atoms with E-state index in [0.29, 0.717) is 19.1 Å². The van der Waals surface area contributed by atoms with Crippen LogP contribution in [0.5, 0.6) is 0 Å². The van der Waals surface area contributed by atoms with E-state index < -0.39 is 5.97 Å². The van der Waals surface area contributed by atoms with Crippen LogP contribution in [0.4, 0.5) is 0 Å². The number of carbonyl (C=O) groups is 1. The van der Waals surface area contributed by atoms with E-state index in [-0.39, 0.29) is 6.10 Å². The Kier molecular flexibility index (Phi) is 4.10. The molecule has 2 N–H and O–H groups in total. The second kappa shape index (κ2) is 5.12.